The minimum atomic E-state index is 0.265. The van der Waals surface area contributed by atoms with E-state index in [4.69, 9.17) is 5.73 Å². The number of nitrogens with zero attached hydrogens (tertiary/aromatic N) is 5. The van der Waals surface area contributed by atoms with Gasteiger partial charge >= 0.3 is 0 Å². The zero-order valence-corrected chi connectivity index (χ0v) is 8.28. The molecule has 6 nitrogen and oxygen atoms in total. The molecule has 3 rings (SSSR count). The smallest absolute Gasteiger partial charge is 0.240 e. The lowest BCUT2D eigenvalue weighted by Crippen LogP contribution is -1.89. The fraction of sp³-hybridized carbons (Fsp3) is 0. The molecule has 0 amide bonds. The van der Waals surface area contributed by atoms with Crippen molar-refractivity contribution >= 4 is 11.6 Å². The van der Waals surface area contributed by atoms with Crippen LogP contribution in [0.2, 0.25) is 0 Å². The maximum absolute atomic E-state index is 5.51. The Labute approximate surface area is 90.8 Å². The Balaban J connectivity index is 2.18. The number of fused-ring (bicyclic) bond motifs is 1. The minimum Gasteiger partial charge on any atom is -0.366 e. The van der Waals surface area contributed by atoms with Crippen molar-refractivity contribution in [1.82, 2.24) is 24.6 Å². The molecule has 0 atom stereocenters. The highest BCUT2D eigenvalue weighted by molar-refractivity contribution is 5.65. The summed E-state index contributed by atoms with van der Waals surface area (Å²) in [6.45, 7) is 0. The van der Waals surface area contributed by atoms with Crippen LogP contribution in [0.1, 0.15) is 0 Å². The van der Waals surface area contributed by atoms with E-state index in [9.17, 15) is 0 Å². The molecule has 0 aliphatic rings. The lowest BCUT2D eigenvalue weighted by atomic mass is 10.1. The van der Waals surface area contributed by atoms with Crippen molar-refractivity contribution in [2.45, 2.75) is 0 Å². The van der Waals surface area contributed by atoms with Gasteiger partial charge in [0.2, 0.25) is 5.95 Å². The second-order valence-corrected chi connectivity index (χ2v) is 3.32. The molecule has 0 aromatic carbocycles. The molecule has 0 spiro atoms. The molecule has 0 saturated heterocycles. The van der Waals surface area contributed by atoms with Crippen LogP contribution in [-0.4, -0.2) is 24.6 Å². The van der Waals surface area contributed by atoms with Crippen LogP contribution in [0.25, 0.3) is 16.8 Å². The standard InChI is InChI=1S/C10H8N6/c11-10-14-9-3-7(1-2-16(9)15-10)8-4-12-6-13-5-8/h1-6H,(H2,11,15). The molecule has 6 heteroatoms. The van der Waals surface area contributed by atoms with Crippen molar-refractivity contribution in [3.63, 3.8) is 0 Å². The molecular formula is C10H8N6. The number of hydrogen-bond donors (Lipinski definition) is 1. The van der Waals surface area contributed by atoms with Crippen LogP contribution in [0.5, 0.6) is 0 Å². The van der Waals surface area contributed by atoms with Crippen molar-refractivity contribution in [3.8, 4) is 11.1 Å². The summed E-state index contributed by atoms with van der Waals surface area (Å²) in [5.74, 6) is 0.265. The van der Waals surface area contributed by atoms with Gasteiger partial charge in [-0.3, -0.25) is 0 Å². The molecule has 0 aliphatic carbocycles. The number of nitrogen functional groups attached to an aromatic ring is 1. The van der Waals surface area contributed by atoms with E-state index >= 15 is 0 Å². The van der Waals surface area contributed by atoms with E-state index in [1.807, 2.05) is 12.1 Å². The normalized spacial score (nSPS) is 10.8. The van der Waals surface area contributed by atoms with Gasteiger partial charge in [0.25, 0.3) is 0 Å². The first-order valence-corrected chi connectivity index (χ1v) is 4.70. The third kappa shape index (κ3) is 1.36. The second-order valence-electron chi connectivity index (χ2n) is 3.32. The Bertz CT molecular complexity index is 630. The predicted octanol–water partition coefficient (Wildman–Crippen LogP) is 0.768. The van der Waals surface area contributed by atoms with Gasteiger partial charge in [-0.1, -0.05) is 0 Å². The van der Waals surface area contributed by atoms with Crippen molar-refractivity contribution in [2.24, 2.45) is 0 Å². The van der Waals surface area contributed by atoms with E-state index in [1.165, 1.54) is 6.33 Å². The van der Waals surface area contributed by atoms with Crippen molar-refractivity contribution in [3.05, 3.63) is 37.1 Å². The Morgan fingerprint density at radius 2 is 1.94 bits per heavy atom. The van der Waals surface area contributed by atoms with Crippen LogP contribution in [0.15, 0.2) is 37.1 Å². The molecule has 0 aliphatic heterocycles. The van der Waals surface area contributed by atoms with Gasteiger partial charge in [-0.2, -0.15) is 4.98 Å². The van der Waals surface area contributed by atoms with Crippen LogP contribution in [-0.2, 0) is 0 Å². The molecule has 3 aromatic heterocycles. The lowest BCUT2D eigenvalue weighted by Gasteiger charge is -1.99. The fourth-order valence-corrected chi connectivity index (χ4v) is 1.53. The third-order valence-electron chi connectivity index (χ3n) is 2.25. The Hall–Kier alpha value is -2.50. The van der Waals surface area contributed by atoms with E-state index in [0.717, 1.165) is 11.1 Å². The van der Waals surface area contributed by atoms with E-state index in [0.29, 0.717) is 5.65 Å². The predicted molar refractivity (Wildman–Crippen MR) is 58.4 cm³/mol. The van der Waals surface area contributed by atoms with Gasteiger partial charge in [0.15, 0.2) is 5.65 Å². The zero-order chi connectivity index (χ0) is 11.0. The number of pyridine rings is 1. The molecule has 78 valence electrons. The van der Waals surface area contributed by atoms with E-state index in [1.54, 1.807) is 23.1 Å². The monoisotopic (exact) mass is 212 g/mol. The van der Waals surface area contributed by atoms with E-state index < -0.39 is 0 Å². The van der Waals surface area contributed by atoms with Crippen molar-refractivity contribution in [1.29, 1.82) is 0 Å². The molecule has 0 fully saturated rings. The summed E-state index contributed by atoms with van der Waals surface area (Å²) >= 11 is 0. The molecule has 3 aromatic rings. The zero-order valence-electron chi connectivity index (χ0n) is 8.28. The molecule has 16 heavy (non-hydrogen) atoms. The van der Waals surface area contributed by atoms with Crippen LogP contribution < -0.4 is 5.73 Å². The lowest BCUT2D eigenvalue weighted by molar-refractivity contribution is 0.968. The van der Waals surface area contributed by atoms with Gasteiger partial charge in [-0.05, 0) is 17.7 Å². The van der Waals surface area contributed by atoms with Gasteiger partial charge in [-0.15, -0.1) is 5.10 Å². The SMILES string of the molecule is Nc1nc2cc(-c3cncnc3)ccn2n1. The molecule has 0 bridgehead atoms. The highest BCUT2D eigenvalue weighted by atomic mass is 15.3. The Kier molecular flexibility index (Phi) is 1.79. The van der Waals surface area contributed by atoms with E-state index in [2.05, 4.69) is 20.1 Å². The first-order chi connectivity index (χ1) is 7.83. The third-order valence-corrected chi connectivity index (χ3v) is 2.25. The Morgan fingerprint density at radius 1 is 1.12 bits per heavy atom. The molecular weight excluding hydrogens is 204 g/mol. The summed E-state index contributed by atoms with van der Waals surface area (Å²) in [6, 6.07) is 3.81. The van der Waals surface area contributed by atoms with Crippen LogP contribution in [0, 0.1) is 0 Å². The van der Waals surface area contributed by atoms with Gasteiger partial charge in [0, 0.05) is 24.2 Å². The highest BCUT2D eigenvalue weighted by Crippen LogP contribution is 2.18. The largest absolute Gasteiger partial charge is 0.366 e. The fourth-order valence-electron chi connectivity index (χ4n) is 1.53. The molecule has 0 radical (unpaired) electrons. The van der Waals surface area contributed by atoms with Crippen LogP contribution in [0.3, 0.4) is 0 Å². The summed E-state index contributed by atoms with van der Waals surface area (Å²) in [5, 5.41) is 4.00. The van der Waals surface area contributed by atoms with Gasteiger partial charge in [0.05, 0.1) is 0 Å². The first-order valence-electron chi connectivity index (χ1n) is 4.70. The maximum atomic E-state index is 5.51. The van der Waals surface area contributed by atoms with Crippen molar-refractivity contribution < 1.29 is 0 Å². The summed E-state index contributed by atoms with van der Waals surface area (Å²) in [7, 11) is 0. The molecule has 3 heterocycles. The molecule has 2 N–H and O–H groups in total. The number of anilines is 1. The average Bonchev–Trinajstić information content (AvgIpc) is 2.69. The second kappa shape index (κ2) is 3.27. The van der Waals surface area contributed by atoms with Gasteiger partial charge < -0.3 is 5.73 Å². The van der Waals surface area contributed by atoms with Gasteiger partial charge in [-0.25, -0.2) is 14.5 Å². The maximum Gasteiger partial charge on any atom is 0.240 e. The quantitative estimate of drug-likeness (QED) is 0.644. The van der Waals surface area contributed by atoms with Gasteiger partial charge in [0.1, 0.15) is 6.33 Å². The first kappa shape index (κ1) is 8.78. The summed E-state index contributed by atoms with van der Waals surface area (Å²) in [5.41, 5.74) is 8.14. The molecule has 0 saturated carbocycles. The van der Waals surface area contributed by atoms with Crippen molar-refractivity contribution in [2.75, 3.05) is 5.73 Å². The number of nitrogens with two attached hydrogens (primary N) is 1. The topological polar surface area (TPSA) is 82.0 Å². The van der Waals surface area contributed by atoms with Crippen LogP contribution >= 0.6 is 0 Å². The summed E-state index contributed by atoms with van der Waals surface area (Å²) in [6.07, 6.45) is 6.80. The summed E-state index contributed by atoms with van der Waals surface area (Å²) in [4.78, 5) is 12.0. The van der Waals surface area contributed by atoms with Crippen LogP contribution in [0.4, 0.5) is 5.95 Å². The summed E-state index contributed by atoms with van der Waals surface area (Å²) < 4.78 is 1.63. The minimum absolute atomic E-state index is 0.265. The number of aromatic nitrogens is 5. The highest BCUT2D eigenvalue weighted by Gasteiger charge is 2.03. The molecule has 0 unspecified atom stereocenters. The number of hydrogen-bond acceptors (Lipinski definition) is 5. The number of rotatable bonds is 1. The van der Waals surface area contributed by atoms with E-state index in [-0.39, 0.29) is 5.95 Å². The average molecular weight is 212 g/mol. The Morgan fingerprint density at radius 3 is 2.75 bits per heavy atom.